The number of ether oxygens (including phenoxy) is 1. The molecule has 0 aromatic carbocycles. The van der Waals surface area contributed by atoms with Crippen LogP contribution in [0.1, 0.15) is 53.4 Å². The van der Waals surface area contributed by atoms with Gasteiger partial charge in [-0.05, 0) is 32.2 Å². The second-order valence-electron chi connectivity index (χ2n) is 5.25. The van der Waals surface area contributed by atoms with E-state index in [0.717, 1.165) is 13.2 Å². The average molecular weight is 215 g/mol. The van der Waals surface area contributed by atoms with Gasteiger partial charge < -0.3 is 10.1 Å². The second kappa shape index (κ2) is 8.12. The van der Waals surface area contributed by atoms with Gasteiger partial charge in [0.25, 0.3) is 0 Å². The van der Waals surface area contributed by atoms with E-state index < -0.39 is 0 Å². The van der Waals surface area contributed by atoms with Gasteiger partial charge in [0, 0.05) is 19.3 Å². The van der Waals surface area contributed by atoms with Gasteiger partial charge in [0.2, 0.25) is 0 Å². The molecule has 92 valence electrons. The molecule has 0 aliphatic heterocycles. The number of unbranched alkanes of at least 4 members (excludes halogenated alkanes) is 2. The number of hydrogen-bond acceptors (Lipinski definition) is 2. The molecule has 1 atom stereocenters. The lowest BCUT2D eigenvalue weighted by molar-refractivity contribution is 0.142. The van der Waals surface area contributed by atoms with Crippen molar-refractivity contribution in [2.24, 2.45) is 5.41 Å². The van der Waals surface area contributed by atoms with Crippen LogP contribution in [0.2, 0.25) is 0 Å². The maximum absolute atomic E-state index is 5.32. The molecule has 1 unspecified atom stereocenters. The summed E-state index contributed by atoms with van der Waals surface area (Å²) in [6.45, 7) is 10.7. The van der Waals surface area contributed by atoms with Gasteiger partial charge in [0.15, 0.2) is 0 Å². The zero-order chi connectivity index (χ0) is 11.7. The first-order valence-electron chi connectivity index (χ1n) is 6.27. The molecule has 0 fully saturated rings. The van der Waals surface area contributed by atoms with Crippen LogP contribution in [0.4, 0.5) is 0 Å². The largest absolute Gasteiger partial charge is 0.382 e. The molecule has 0 spiro atoms. The minimum absolute atomic E-state index is 0.370. The van der Waals surface area contributed by atoms with Crippen LogP contribution in [-0.4, -0.2) is 26.3 Å². The molecule has 2 heteroatoms. The highest BCUT2D eigenvalue weighted by Gasteiger charge is 2.21. The molecule has 0 saturated heterocycles. The van der Waals surface area contributed by atoms with Crippen molar-refractivity contribution in [2.75, 3.05) is 20.3 Å². The molecule has 0 rings (SSSR count). The highest BCUT2D eigenvalue weighted by Crippen LogP contribution is 2.23. The van der Waals surface area contributed by atoms with E-state index in [4.69, 9.17) is 4.74 Å². The summed E-state index contributed by atoms with van der Waals surface area (Å²) in [6.07, 6.45) is 5.06. The molecule has 0 bridgehead atoms. The van der Waals surface area contributed by atoms with Gasteiger partial charge in [-0.1, -0.05) is 33.6 Å². The van der Waals surface area contributed by atoms with E-state index in [0.29, 0.717) is 11.5 Å². The quantitative estimate of drug-likeness (QED) is 0.628. The summed E-state index contributed by atoms with van der Waals surface area (Å²) >= 11 is 0. The van der Waals surface area contributed by atoms with Gasteiger partial charge in [-0.15, -0.1) is 0 Å². The lowest BCUT2D eigenvalue weighted by Crippen LogP contribution is -2.37. The van der Waals surface area contributed by atoms with Crippen LogP contribution in [0.15, 0.2) is 0 Å². The molecule has 0 aliphatic rings. The highest BCUT2D eigenvalue weighted by molar-refractivity contribution is 4.78. The normalized spacial score (nSPS) is 14.2. The third kappa shape index (κ3) is 7.80. The third-order valence-corrected chi connectivity index (χ3v) is 2.88. The van der Waals surface area contributed by atoms with Gasteiger partial charge in [0.05, 0.1) is 0 Å². The molecule has 0 aromatic heterocycles. The van der Waals surface area contributed by atoms with Crippen molar-refractivity contribution in [3.05, 3.63) is 0 Å². The topological polar surface area (TPSA) is 21.3 Å². The lowest BCUT2D eigenvalue weighted by atomic mass is 9.84. The first kappa shape index (κ1) is 14.9. The van der Waals surface area contributed by atoms with E-state index in [-0.39, 0.29) is 0 Å². The van der Waals surface area contributed by atoms with E-state index in [1.54, 1.807) is 0 Å². The van der Waals surface area contributed by atoms with Crippen LogP contribution in [0, 0.1) is 5.41 Å². The van der Waals surface area contributed by atoms with Gasteiger partial charge >= 0.3 is 0 Å². The summed E-state index contributed by atoms with van der Waals surface area (Å²) in [6, 6.07) is 0.629. The Kier molecular flexibility index (Phi) is 8.07. The fourth-order valence-electron chi connectivity index (χ4n) is 1.88. The van der Waals surface area contributed by atoms with Crippen molar-refractivity contribution < 1.29 is 4.74 Å². The molecule has 0 aromatic rings. The molecular weight excluding hydrogens is 186 g/mol. The van der Waals surface area contributed by atoms with Crippen molar-refractivity contribution in [1.29, 1.82) is 0 Å². The first-order chi connectivity index (χ1) is 7.02. The zero-order valence-corrected chi connectivity index (χ0v) is 11.2. The lowest BCUT2D eigenvalue weighted by Gasteiger charge is -2.30. The van der Waals surface area contributed by atoms with Crippen LogP contribution >= 0.6 is 0 Å². The Labute approximate surface area is 95.8 Å². The zero-order valence-electron chi connectivity index (χ0n) is 11.2. The summed E-state index contributed by atoms with van der Waals surface area (Å²) in [5, 5.41) is 3.41. The number of nitrogens with one attached hydrogen (secondary N) is 1. The Bertz CT molecular complexity index is 140. The van der Waals surface area contributed by atoms with Crippen molar-refractivity contribution in [2.45, 2.75) is 59.4 Å². The van der Waals surface area contributed by atoms with E-state index in [9.17, 15) is 0 Å². The Morgan fingerprint density at radius 2 is 1.80 bits per heavy atom. The van der Waals surface area contributed by atoms with Gasteiger partial charge in [-0.2, -0.15) is 0 Å². The van der Waals surface area contributed by atoms with Crippen LogP contribution < -0.4 is 5.32 Å². The summed E-state index contributed by atoms with van der Waals surface area (Å²) in [7, 11) is 2.07. The SMILES string of the molecule is CCOCCCCCC(NC)C(C)(C)C. The average Bonchev–Trinajstić information content (AvgIpc) is 2.15. The van der Waals surface area contributed by atoms with Crippen molar-refractivity contribution >= 4 is 0 Å². The first-order valence-corrected chi connectivity index (χ1v) is 6.27. The molecule has 0 amide bonds. The standard InChI is InChI=1S/C13H29NO/c1-6-15-11-9-7-8-10-12(14-5)13(2,3)4/h12,14H,6-11H2,1-5H3. The van der Waals surface area contributed by atoms with E-state index in [1.165, 1.54) is 25.7 Å². The fraction of sp³-hybridized carbons (Fsp3) is 1.00. The molecule has 0 radical (unpaired) electrons. The summed E-state index contributed by atoms with van der Waals surface area (Å²) in [5.41, 5.74) is 0.370. The Balaban J connectivity index is 3.48. The van der Waals surface area contributed by atoms with Gasteiger partial charge in [-0.3, -0.25) is 0 Å². The Hall–Kier alpha value is -0.0800. The van der Waals surface area contributed by atoms with E-state index in [2.05, 4.69) is 40.1 Å². The Morgan fingerprint density at radius 3 is 2.27 bits per heavy atom. The summed E-state index contributed by atoms with van der Waals surface area (Å²) < 4.78 is 5.32. The minimum atomic E-state index is 0.370. The smallest absolute Gasteiger partial charge is 0.0465 e. The molecule has 0 heterocycles. The fourth-order valence-corrected chi connectivity index (χ4v) is 1.88. The van der Waals surface area contributed by atoms with E-state index in [1.807, 2.05) is 0 Å². The van der Waals surface area contributed by atoms with Gasteiger partial charge in [-0.25, -0.2) is 0 Å². The van der Waals surface area contributed by atoms with Crippen LogP contribution in [0.3, 0.4) is 0 Å². The predicted molar refractivity (Wildman–Crippen MR) is 67.3 cm³/mol. The Morgan fingerprint density at radius 1 is 1.13 bits per heavy atom. The van der Waals surface area contributed by atoms with Crippen molar-refractivity contribution in [1.82, 2.24) is 5.32 Å². The maximum atomic E-state index is 5.32. The molecule has 1 N–H and O–H groups in total. The van der Waals surface area contributed by atoms with Gasteiger partial charge in [0.1, 0.15) is 0 Å². The van der Waals surface area contributed by atoms with Crippen LogP contribution in [-0.2, 0) is 4.74 Å². The molecule has 15 heavy (non-hydrogen) atoms. The third-order valence-electron chi connectivity index (χ3n) is 2.88. The second-order valence-corrected chi connectivity index (χ2v) is 5.25. The monoisotopic (exact) mass is 215 g/mol. The number of rotatable bonds is 8. The molecular formula is C13H29NO. The van der Waals surface area contributed by atoms with Crippen LogP contribution in [0.25, 0.3) is 0 Å². The predicted octanol–water partition coefficient (Wildman–Crippen LogP) is 3.22. The summed E-state index contributed by atoms with van der Waals surface area (Å²) in [4.78, 5) is 0. The maximum Gasteiger partial charge on any atom is 0.0465 e. The van der Waals surface area contributed by atoms with Crippen molar-refractivity contribution in [3.8, 4) is 0 Å². The highest BCUT2D eigenvalue weighted by atomic mass is 16.5. The van der Waals surface area contributed by atoms with Crippen LogP contribution in [0.5, 0.6) is 0 Å². The minimum Gasteiger partial charge on any atom is -0.382 e. The number of hydrogen-bond donors (Lipinski definition) is 1. The van der Waals surface area contributed by atoms with E-state index >= 15 is 0 Å². The molecule has 0 aliphatic carbocycles. The van der Waals surface area contributed by atoms with Crippen molar-refractivity contribution in [3.63, 3.8) is 0 Å². The molecule has 2 nitrogen and oxygen atoms in total. The molecule has 0 saturated carbocycles. The summed E-state index contributed by atoms with van der Waals surface area (Å²) in [5.74, 6) is 0.